The third kappa shape index (κ3) is 20.0. The zero-order valence-corrected chi connectivity index (χ0v) is 67.5. The van der Waals surface area contributed by atoms with Gasteiger partial charge in [-0.1, -0.05) is 367 Å². The SMILES string of the molecule is Brc1ccc(-c2cc(-c3ccccc3)nc(-c3ccccc3)n2)cc1.Brc1ccc(-c2nc(-c3ccccc3)cc(-c3ccccc3)n2)cc1.Brc1ccc(-c2nc(-c3ccccc3)nc(-c3ccccc3)n2)cc1.Brc1ccc(-c2nc3ccccc3n2-c2ccccc2)cc1.Ic1ccc(-c2ccccc2)cc1. The van der Waals surface area contributed by atoms with Crippen molar-refractivity contribution < 1.29 is 0 Å². The normalized spacial score (nSPS) is 10.6. The number of hydrogen-bond donors (Lipinski definition) is 0. The quantitative estimate of drug-likeness (QED) is 0.111. The van der Waals surface area contributed by atoms with E-state index in [0.29, 0.717) is 17.5 Å². The fourth-order valence-electron chi connectivity index (χ4n) is 11.8. The van der Waals surface area contributed by atoms with Crippen LogP contribution in [0.15, 0.2) is 418 Å². The van der Waals surface area contributed by atoms with Gasteiger partial charge in [-0.15, -0.1) is 0 Å². The van der Waals surface area contributed by atoms with Gasteiger partial charge in [0.05, 0.1) is 33.8 Å². The van der Waals surface area contributed by atoms with E-state index in [9.17, 15) is 0 Å². The second-order valence-electron chi connectivity index (χ2n) is 24.9. The van der Waals surface area contributed by atoms with E-state index in [0.717, 1.165) is 130 Å². The van der Waals surface area contributed by atoms with E-state index < -0.39 is 0 Å². The average Bonchev–Trinajstić information content (AvgIpc) is 1.69. The van der Waals surface area contributed by atoms with Crippen molar-refractivity contribution in [3.8, 4) is 130 Å². The first-order valence-electron chi connectivity index (χ1n) is 35.3. The molecule has 530 valence electrons. The summed E-state index contributed by atoms with van der Waals surface area (Å²) >= 11 is 16.2. The number of hydrogen-bond acceptors (Lipinski definition) is 8. The first kappa shape index (κ1) is 75.2. The van der Waals surface area contributed by atoms with Crippen molar-refractivity contribution in [2.75, 3.05) is 0 Å². The van der Waals surface area contributed by atoms with E-state index in [1.165, 1.54) is 14.7 Å². The molecule has 0 N–H and O–H groups in total. The summed E-state index contributed by atoms with van der Waals surface area (Å²) in [6.45, 7) is 0. The lowest BCUT2D eigenvalue weighted by atomic mass is 10.1. The van der Waals surface area contributed by atoms with Crippen LogP contribution < -0.4 is 0 Å². The maximum atomic E-state index is 4.84. The summed E-state index contributed by atoms with van der Waals surface area (Å²) in [5, 5.41) is 0. The number of benzene rings is 14. The maximum Gasteiger partial charge on any atom is 0.164 e. The zero-order valence-electron chi connectivity index (χ0n) is 59.0. The van der Waals surface area contributed by atoms with Gasteiger partial charge in [0, 0.05) is 82.8 Å². The molecule has 0 saturated heterocycles. The maximum absolute atomic E-state index is 4.84. The Morgan fingerprint density at radius 2 is 0.436 bits per heavy atom. The number of imidazole rings is 1. The van der Waals surface area contributed by atoms with Crippen LogP contribution in [-0.2, 0) is 0 Å². The lowest BCUT2D eigenvalue weighted by Gasteiger charge is -2.09. The Labute approximate surface area is 687 Å². The lowest BCUT2D eigenvalue weighted by molar-refractivity contribution is 1.07. The van der Waals surface area contributed by atoms with Gasteiger partial charge in [-0.3, -0.25) is 4.57 Å². The minimum atomic E-state index is 0.667. The minimum absolute atomic E-state index is 0.667. The molecule has 0 aliphatic rings. The Morgan fingerprint density at radius 1 is 0.200 bits per heavy atom. The van der Waals surface area contributed by atoms with Gasteiger partial charge in [0.2, 0.25) is 0 Å². The monoisotopic (exact) mass is 1790 g/mol. The molecule has 4 heterocycles. The molecule has 0 bridgehead atoms. The van der Waals surface area contributed by atoms with Gasteiger partial charge in [0.1, 0.15) is 5.82 Å². The Bertz CT molecular complexity index is 5380. The molecule has 0 saturated carbocycles. The summed E-state index contributed by atoms with van der Waals surface area (Å²) in [6.07, 6.45) is 0. The van der Waals surface area contributed by atoms with E-state index >= 15 is 0 Å². The molecule has 0 fully saturated rings. The van der Waals surface area contributed by atoms with Crippen molar-refractivity contribution in [3.05, 3.63) is 422 Å². The van der Waals surface area contributed by atoms with Crippen LogP contribution in [0.25, 0.3) is 141 Å². The van der Waals surface area contributed by atoms with Crippen molar-refractivity contribution in [1.29, 1.82) is 0 Å². The van der Waals surface area contributed by atoms with Gasteiger partial charge in [-0.05, 0) is 131 Å². The predicted octanol–water partition coefficient (Wildman–Crippen LogP) is 27.5. The second kappa shape index (κ2) is 37.5. The van der Waals surface area contributed by atoms with E-state index in [1.807, 2.05) is 249 Å². The molecule has 0 unspecified atom stereocenters. The highest BCUT2D eigenvalue weighted by Crippen LogP contribution is 2.34. The number of aromatic nitrogens is 9. The summed E-state index contributed by atoms with van der Waals surface area (Å²) in [5.74, 6) is 4.44. The van der Waals surface area contributed by atoms with Crippen LogP contribution in [0, 0.1) is 3.57 Å². The van der Waals surface area contributed by atoms with Crippen LogP contribution in [0.3, 0.4) is 0 Å². The van der Waals surface area contributed by atoms with Crippen LogP contribution in [0.2, 0.25) is 0 Å². The molecule has 0 spiro atoms. The Balaban J connectivity index is 0.000000116. The van der Waals surface area contributed by atoms with Gasteiger partial charge in [0.25, 0.3) is 0 Å². The highest BCUT2D eigenvalue weighted by Gasteiger charge is 2.17. The third-order valence-corrected chi connectivity index (χ3v) is 20.2. The topological polar surface area (TPSA) is 108 Å². The minimum Gasteiger partial charge on any atom is -0.292 e. The molecular weight excluding hydrogens is 1730 g/mol. The smallest absolute Gasteiger partial charge is 0.164 e. The number of nitrogens with zero attached hydrogens (tertiary/aromatic N) is 9. The molecular formula is C96H66Br4IN9. The molecule has 4 aromatic heterocycles. The molecule has 0 amide bonds. The fraction of sp³-hybridized carbons (Fsp3) is 0. The molecule has 14 aromatic carbocycles. The molecule has 9 nitrogen and oxygen atoms in total. The third-order valence-electron chi connectivity index (χ3n) is 17.4. The summed E-state index contributed by atoms with van der Waals surface area (Å²) in [7, 11) is 0. The van der Waals surface area contributed by atoms with Crippen LogP contribution in [0.4, 0.5) is 0 Å². The van der Waals surface area contributed by atoms with Gasteiger partial charge < -0.3 is 0 Å². The molecule has 14 heteroatoms. The van der Waals surface area contributed by atoms with Crippen LogP contribution >= 0.6 is 86.3 Å². The van der Waals surface area contributed by atoms with Crippen molar-refractivity contribution in [1.82, 2.24) is 44.4 Å². The van der Waals surface area contributed by atoms with Gasteiger partial charge in [-0.2, -0.15) is 0 Å². The van der Waals surface area contributed by atoms with Crippen molar-refractivity contribution in [3.63, 3.8) is 0 Å². The summed E-state index contributed by atoms with van der Waals surface area (Å²) < 4.78 is 7.67. The Kier molecular flexibility index (Phi) is 25.6. The van der Waals surface area contributed by atoms with Crippen molar-refractivity contribution >= 4 is 97.3 Å². The standard InChI is InChI=1S/2C22H15BrN2.C21H14BrN3.C19H13BrN2.C12H9I/c23-19-13-11-17(12-14-19)21-15-20(16-7-3-1-4-8-16)24-22(25-21)18-9-5-2-6-10-18;23-19-13-11-18(12-14-19)22-24-20(16-7-3-1-4-8-16)15-21(25-22)17-9-5-2-6-10-17;22-18-13-11-17(12-14-18)21-24-19(15-7-3-1-4-8-15)23-20(25-21)16-9-5-2-6-10-16;20-15-12-10-14(11-13-15)19-21-17-8-4-5-9-18(17)22(19)16-6-2-1-3-7-16;13-12-8-6-11(7-9-12)10-4-2-1-3-5-10/h2*1-15H;1-14H;1-13H;1-9H. The molecule has 18 aromatic rings. The second-order valence-corrected chi connectivity index (χ2v) is 29.8. The van der Waals surface area contributed by atoms with Crippen molar-refractivity contribution in [2.45, 2.75) is 0 Å². The molecule has 0 atom stereocenters. The molecule has 0 aliphatic heterocycles. The van der Waals surface area contributed by atoms with E-state index in [4.69, 9.17) is 34.9 Å². The van der Waals surface area contributed by atoms with Crippen molar-refractivity contribution in [2.24, 2.45) is 0 Å². The summed E-state index contributed by atoms with van der Waals surface area (Å²) in [6, 6.07) is 135. The first-order valence-corrected chi connectivity index (χ1v) is 39.6. The Hall–Kier alpha value is -11.6. The van der Waals surface area contributed by atoms with E-state index in [2.05, 4.69) is 248 Å². The molecule has 0 aliphatic carbocycles. The van der Waals surface area contributed by atoms with Crippen LogP contribution in [-0.4, -0.2) is 44.4 Å². The van der Waals surface area contributed by atoms with Gasteiger partial charge in [-0.25, -0.2) is 39.9 Å². The Morgan fingerprint density at radius 3 is 0.782 bits per heavy atom. The van der Waals surface area contributed by atoms with Crippen LogP contribution in [0.5, 0.6) is 0 Å². The first-order chi connectivity index (χ1) is 54.1. The van der Waals surface area contributed by atoms with Gasteiger partial charge >= 0.3 is 0 Å². The van der Waals surface area contributed by atoms with Gasteiger partial charge in [0.15, 0.2) is 29.1 Å². The molecule has 0 radical (unpaired) electrons. The summed E-state index contributed by atoms with van der Waals surface area (Å²) in [5.41, 5.74) is 19.8. The number of halogens is 5. The molecule has 18 rings (SSSR count). The highest BCUT2D eigenvalue weighted by molar-refractivity contribution is 14.1. The largest absolute Gasteiger partial charge is 0.292 e. The number of para-hydroxylation sites is 3. The molecule has 110 heavy (non-hydrogen) atoms. The summed E-state index contributed by atoms with van der Waals surface area (Å²) in [4.78, 5) is 38.1. The van der Waals surface area contributed by atoms with E-state index in [1.54, 1.807) is 0 Å². The predicted molar refractivity (Wildman–Crippen MR) is 475 cm³/mol. The lowest BCUT2D eigenvalue weighted by Crippen LogP contribution is -1.99. The fourth-order valence-corrected chi connectivity index (χ4v) is 13.3. The average molecular weight is 1790 g/mol. The number of fused-ring (bicyclic) bond motifs is 1. The highest BCUT2D eigenvalue weighted by atomic mass is 127. The zero-order chi connectivity index (χ0) is 75.2. The number of rotatable bonds is 12. The van der Waals surface area contributed by atoms with Crippen LogP contribution in [0.1, 0.15) is 0 Å². The van der Waals surface area contributed by atoms with E-state index in [-0.39, 0.29) is 0 Å².